The molecule has 0 atom stereocenters. The zero-order valence-electron chi connectivity index (χ0n) is 9.16. The Morgan fingerprint density at radius 1 is 1.56 bits per heavy atom. The van der Waals surface area contributed by atoms with Gasteiger partial charge in [0, 0.05) is 13.5 Å². The smallest absolute Gasteiger partial charge is 0.175 e. The molecule has 0 amide bonds. The number of benzene rings is 1. The number of anilines is 1. The van der Waals surface area contributed by atoms with Crippen LogP contribution in [0.2, 0.25) is 0 Å². The molecule has 1 aliphatic rings. The van der Waals surface area contributed by atoms with Crippen LogP contribution < -0.4 is 4.90 Å². The molecule has 0 aromatic heterocycles. The second-order valence-electron chi connectivity index (χ2n) is 3.83. The minimum absolute atomic E-state index is 0.0550. The maximum atomic E-state index is 11.3. The van der Waals surface area contributed by atoms with Crippen LogP contribution in [0.1, 0.15) is 18.1 Å². The van der Waals surface area contributed by atoms with Gasteiger partial charge in [-0.3, -0.25) is 4.79 Å². The highest BCUT2D eigenvalue weighted by Gasteiger charge is 2.25. The summed E-state index contributed by atoms with van der Waals surface area (Å²) in [4.78, 5) is 13.2. The van der Waals surface area contributed by atoms with E-state index in [4.69, 9.17) is 5.26 Å². The Hall–Kier alpha value is -2.08. The van der Waals surface area contributed by atoms with Crippen LogP contribution in [0, 0.1) is 11.3 Å². The van der Waals surface area contributed by atoms with Gasteiger partial charge >= 0.3 is 0 Å². The number of hydrogen-bond acceptors (Lipinski definition) is 3. The van der Waals surface area contributed by atoms with E-state index in [1.54, 1.807) is 6.07 Å². The van der Waals surface area contributed by atoms with Crippen molar-refractivity contribution in [1.29, 1.82) is 5.26 Å². The number of Topliss-reactive ketones (excluding diaryl/α,β-unsaturated/α-hetero) is 1. The summed E-state index contributed by atoms with van der Waals surface area (Å²) in [6, 6.07) is 7.79. The third-order valence-electron chi connectivity index (χ3n) is 2.85. The summed E-state index contributed by atoms with van der Waals surface area (Å²) in [6.07, 6.45) is 0.858. The van der Waals surface area contributed by atoms with Gasteiger partial charge in [-0.05, 0) is 18.1 Å². The van der Waals surface area contributed by atoms with Crippen molar-refractivity contribution in [2.45, 2.75) is 13.3 Å². The van der Waals surface area contributed by atoms with Crippen molar-refractivity contribution >= 4 is 11.5 Å². The van der Waals surface area contributed by atoms with Crippen LogP contribution in [-0.4, -0.2) is 12.3 Å². The van der Waals surface area contributed by atoms with Gasteiger partial charge in [0.25, 0.3) is 0 Å². The molecule has 0 radical (unpaired) electrons. The predicted molar refractivity (Wildman–Crippen MR) is 62.0 cm³/mol. The molecule has 0 saturated heterocycles. The van der Waals surface area contributed by atoms with Crippen molar-refractivity contribution in [2.75, 3.05) is 11.4 Å². The first-order valence-corrected chi connectivity index (χ1v) is 5.14. The fourth-order valence-electron chi connectivity index (χ4n) is 2.01. The summed E-state index contributed by atoms with van der Waals surface area (Å²) in [5, 5.41) is 9.05. The summed E-state index contributed by atoms with van der Waals surface area (Å²) >= 11 is 0. The van der Waals surface area contributed by atoms with E-state index in [2.05, 4.69) is 12.6 Å². The van der Waals surface area contributed by atoms with Gasteiger partial charge in [0.1, 0.15) is 6.07 Å². The zero-order chi connectivity index (χ0) is 11.7. The number of fused-ring (bicyclic) bond motifs is 1. The number of para-hydroxylation sites is 1. The molecule has 2 rings (SSSR count). The molecule has 3 heteroatoms. The average Bonchev–Trinajstić information content (AvgIpc) is 2.71. The van der Waals surface area contributed by atoms with Crippen molar-refractivity contribution < 1.29 is 4.79 Å². The summed E-state index contributed by atoms with van der Waals surface area (Å²) in [7, 11) is 0. The van der Waals surface area contributed by atoms with Gasteiger partial charge in [0.2, 0.25) is 0 Å². The molecule has 0 aliphatic carbocycles. The molecule has 0 N–H and O–H groups in total. The molecule has 3 nitrogen and oxygen atoms in total. The third-order valence-corrected chi connectivity index (χ3v) is 2.85. The first kappa shape index (κ1) is 10.4. The Balaban J connectivity index is 2.50. The standard InChI is InChI=1S/C13H12N2O/c1-9(10(2)16)15-7-6-11-4-3-5-12(8-14)13(11)15/h3-5H,1,6-7H2,2H3. The quantitative estimate of drug-likeness (QED) is 0.704. The lowest BCUT2D eigenvalue weighted by molar-refractivity contribution is -0.113. The van der Waals surface area contributed by atoms with E-state index in [9.17, 15) is 4.79 Å². The summed E-state index contributed by atoms with van der Waals surface area (Å²) in [6.45, 7) is 6.00. The van der Waals surface area contributed by atoms with Crippen molar-refractivity contribution in [2.24, 2.45) is 0 Å². The van der Waals surface area contributed by atoms with E-state index in [1.165, 1.54) is 6.92 Å². The number of nitriles is 1. The number of rotatable bonds is 2. The largest absolute Gasteiger partial charge is 0.337 e. The first-order chi connectivity index (χ1) is 7.65. The second-order valence-corrected chi connectivity index (χ2v) is 3.83. The van der Waals surface area contributed by atoms with Gasteiger partial charge in [-0.2, -0.15) is 5.26 Å². The van der Waals surface area contributed by atoms with Gasteiger partial charge in [-0.1, -0.05) is 18.7 Å². The van der Waals surface area contributed by atoms with Gasteiger partial charge < -0.3 is 4.90 Å². The Morgan fingerprint density at radius 2 is 2.31 bits per heavy atom. The summed E-state index contributed by atoms with van der Waals surface area (Å²) in [5.41, 5.74) is 3.03. The van der Waals surface area contributed by atoms with Crippen LogP contribution in [0.4, 0.5) is 5.69 Å². The number of carbonyl (C=O) groups is 1. The number of allylic oxidation sites excluding steroid dienone is 1. The van der Waals surface area contributed by atoms with Gasteiger partial charge in [0.05, 0.1) is 16.9 Å². The number of nitrogens with zero attached hydrogens (tertiary/aromatic N) is 2. The number of ketones is 1. The Morgan fingerprint density at radius 3 is 2.94 bits per heavy atom. The molecule has 1 aromatic carbocycles. The van der Waals surface area contributed by atoms with Crippen LogP contribution in [0.15, 0.2) is 30.5 Å². The molecule has 0 bridgehead atoms. The molecule has 0 spiro atoms. The minimum Gasteiger partial charge on any atom is -0.337 e. The molecular formula is C13H12N2O. The summed E-state index contributed by atoms with van der Waals surface area (Å²) in [5.74, 6) is -0.0550. The van der Waals surface area contributed by atoms with E-state index >= 15 is 0 Å². The highest BCUT2D eigenvalue weighted by Crippen LogP contribution is 2.33. The number of carbonyl (C=O) groups excluding carboxylic acids is 1. The van der Waals surface area contributed by atoms with E-state index in [-0.39, 0.29) is 5.78 Å². The average molecular weight is 212 g/mol. The molecule has 16 heavy (non-hydrogen) atoms. The van der Waals surface area contributed by atoms with Crippen molar-refractivity contribution in [3.63, 3.8) is 0 Å². The lowest BCUT2D eigenvalue weighted by Crippen LogP contribution is -2.23. The van der Waals surface area contributed by atoms with Crippen LogP contribution in [0.25, 0.3) is 0 Å². The molecule has 0 unspecified atom stereocenters. The highest BCUT2D eigenvalue weighted by molar-refractivity contribution is 5.97. The number of hydrogen-bond donors (Lipinski definition) is 0. The Labute approximate surface area is 94.6 Å². The lowest BCUT2D eigenvalue weighted by Gasteiger charge is -2.20. The van der Waals surface area contributed by atoms with Crippen LogP contribution in [-0.2, 0) is 11.2 Å². The predicted octanol–water partition coefficient (Wildman–Crippen LogP) is 2.02. The maximum absolute atomic E-state index is 11.3. The SMILES string of the molecule is C=C(C(C)=O)N1CCc2cccc(C#N)c21. The molecular weight excluding hydrogens is 200 g/mol. The molecule has 1 aliphatic heterocycles. The monoisotopic (exact) mass is 212 g/mol. The topological polar surface area (TPSA) is 44.1 Å². The van der Waals surface area contributed by atoms with Gasteiger partial charge in [0.15, 0.2) is 5.78 Å². The molecule has 0 fully saturated rings. The van der Waals surface area contributed by atoms with Crippen molar-refractivity contribution in [3.8, 4) is 6.07 Å². The maximum Gasteiger partial charge on any atom is 0.175 e. The van der Waals surface area contributed by atoms with Crippen molar-refractivity contribution in [1.82, 2.24) is 0 Å². The summed E-state index contributed by atoms with van der Waals surface area (Å²) < 4.78 is 0. The highest BCUT2D eigenvalue weighted by atomic mass is 16.1. The minimum atomic E-state index is -0.0550. The van der Waals surface area contributed by atoms with Crippen LogP contribution in [0.3, 0.4) is 0 Å². The van der Waals surface area contributed by atoms with Crippen LogP contribution in [0.5, 0.6) is 0 Å². The third kappa shape index (κ3) is 1.49. The van der Waals surface area contributed by atoms with Crippen LogP contribution >= 0.6 is 0 Å². The van der Waals surface area contributed by atoms with E-state index in [1.807, 2.05) is 17.0 Å². The van der Waals surface area contributed by atoms with E-state index in [0.717, 1.165) is 24.2 Å². The molecule has 1 aromatic rings. The van der Waals surface area contributed by atoms with Gasteiger partial charge in [-0.15, -0.1) is 0 Å². The van der Waals surface area contributed by atoms with E-state index in [0.29, 0.717) is 11.3 Å². The fourth-order valence-corrected chi connectivity index (χ4v) is 2.01. The Kier molecular flexibility index (Phi) is 2.49. The zero-order valence-corrected chi connectivity index (χ0v) is 9.16. The Bertz CT molecular complexity index is 511. The first-order valence-electron chi connectivity index (χ1n) is 5.14. The molecule has 1 heterocycles. The molecule has 80 valence electrons. The van der Waals surface area contributed by atoms with E-state index < -0.39 is 0 Å². The second kappa shape index (κ2) is 3.82. The fraction of sp³-hybridized carbons (Fsp3) is 0.231. The van der Waals surface area contributed by atoms with Gasteiger partial charge in [-0.25, -0.2) is 0 Å². The molecule has 0 saturated carbocycles. The van der Waals surface area contributed by atoms with Crippen molar-refractivity contribution in [3.05, 3.63) is 41.6 Å². The normalized spacial score (nSPS) is 13.1. The lowest BCUT2D eigenvalue weighted by atomic mass is 10.1.